The van der Waals surface area contributed by atoms with E-state index in [0.29, 0.717) is 6.04 Å². The molecule has 2 heterocycles. The van der Waals surface area contributed by atoms with Crippen LogP contribution in [0, 0.1) is 0 Å². The van der Waals surface area contributed by atoms with Gasteiger partial charge in [0.25, 0.3) is 0 Å². The molecule has 0 bridgehead atoms. The first kappa shape index (κ1) is 12.4. The zero-order valence-corrected chi connectivity index (χ0v) is 11.1. The number of aromatic nitrogens is 2. The molecule has 2 aromatic rings. The minimum atomic E-state index is 0.165. The van der Waals surface area contributed by atoms with Gasteiger partial charge in [-0.05, 0) is 12.0 Å². The van der Waals surface area contributed by atoms with E-state index in [-0.39, 0.29) is 6.10 Å². The third kappa shape index (κ3) is 2.85. The second-order valence-electron chi connectivity index (χ2n) is 5.00. The summed E-state index contributed by atoms with van der Waals surface area (Å²) in [6.07, 6.45) is 5.17. The third-order valence-corrected chi connectivity index (χ3v) is 3.55. The number of hydrogen-bond donors (Lipinski definition) is 1. The fourth-order valence-corrected chi connectivity index (χ4v) is 2.58. The maximum Gasteiger partial charge on any atom is 0.0978 e. The molecule has 0 spiro atoms. The van der Waals surface area contributed by atoms with Crippen molar-refractivity contribution < 1.29 is 4.74 Å². The number of nitrogens with one attached hydrogen (secondary N) is 1. The Morgan fingerprint density at radius 1 is 1.37 bits per heavy atom. The van der Waals surface area contributed by atoms with E-state index in [4.69, 9.17) is 4.74 Å². The van der Waals surface area contributed by atoms with Crippen LogP contribution in [0.25, 0.3) is 0 Å². The van der Waals surface area contributed by atoms with Crippen LogP contribution in [-0.2, 0) is 18.3 Å². The molecule has 0 radical (unpaired) electrons. The van der Waals surface area contributed by atoms with Crippen molar-refractivity contribution in [3.63, 3.8) is 0 Å². The normalized spacial score (nSPS) is 22.8. The maximum absolute atomic E-state index is 5.86. The van der Waals surface area contributed by atoms with Gasteiger partial charge in [0, 0.05) is 38.0 Å². The first-order chi connectivity index (χ1) is 9.33. The summed E-state index contributed by atoms with van der Waals surface area (Å²) in [4.78, 5) is 0. The lowest BCUT2D eigenvalue weighted by Crippen LogP contribution is -2.31. The van der Waals surface area contributed by atoms with E-state index < -0.39 is 0 Å². The van der Waals surface area contributed by atoms with Gasteiger partial charge >= 0.3 is 0 Å². The monoisotopic (exact) mass is 257 g/mol. The first-order valence-corrected chi connectivity index (χ1v) is 6.70. The Hall–Kier alpha value is -1.65. The van der Waals surface area contributed by atoms with Gasteiger partial charge in [0.05, 0.1) is 12.3 Å². The van der Waals surface area contributed by atoms with Crippen LogP contribution in [0.5, 0.6) is 0 Å². The molecule has 3 rings (SSSR count). The molecule has 0 saturated carbocycles. The summed E-state index contributed by atoms with van der Waals surface area (Å²) in [7, 11) is 1.94. The lowest BCUT2D eigenvalue weighted by Gasteiger charge is -2.20. The van der Waals surface area contributed by atoms with Crippen molar-refractivity contribution in [3.05, 3.63) is 53.9 Å². The van der Waals surface area contributed by atoms with Gasteiger partial charge in [-0.2, -0.15) is 5.10 Å². The third-order valence-electron chi connectivity index (χ3n) is 3.55. The van der Waals surface area contributed by atoms with E-state index in [1.807, 2.05) is 30.2 Å². The summed E-state index contributed by atoms with van der Waals surface area (Å²) in [5.74, 6) is 0. The van der Waals surface area contributed by atoms with Crippen molar-refractivity contribution in [1.82, 2.24) is 15.1 Å². The van der Waals surface area contributed by atoms with Gasteiger partial charge in [-0.3, -0.25) is 4.68 Å². The maximum atomic E-state index is 5.86. The predicted molar refractivity (Wildman–Crippen MR) is 73.6 cm³/mol. The Balaban J connectivity index is 1.64. The quantitative estimate of drug-likeness (QED) is 0.911. The average molecular weight is 257 g/mol. The Labute approximate surface area is 113 Å². The van der Waals surface area contributed by atoms with Gasteiger partial charge in [-0.1, -0.05) is 30.3 Å². The summed E-state index contributed by atoms with van der Waals surface area (Å²) < 4.78 is 7.69. The second kappa shape index (κ2) is 5.55. The van der Waals surface area contributed by atoms with Gasteiger partial charge in [0.15, 0.2) is 0 Å². The highest BCUT2D eigenvalue weighted by Gasteiger charge is 2.28. The van der Waals surface area contributed by atoms with Crippen LogP contribution in [0.3, 0.4) is 0 Å². The molecule has 100 valence electrons. The van der Waals surface area contributed by atoms with Crippen molar-refractivity contribution in [1.29, 1.82) is 0 Å². The molecular formula is C15H19N3O. The molecule has 0 unspecified atom stereocenters. The number of ether oxygens (including phenoxy) is 1. The summed E-state index contributed by atoms with van der Waals surface area (Å²) in [6, 6.07) is 10.8. The Bertz CT molecular complexity index is 523. The number of nitrogens with zero attached hydrogens (tertiary/aromatic N) is 2. The fraction of sp³-hybridized carbons (Fsp3) is 0.400. The number of hydrogen-bond acceptors (Lipinski definition) is 3. The van der Waals surface area contributed by atoms with Crippen molar-refractivity contribution in [2.45, 2.75) is 25.1 Å². The van der Waals surface area contributed by atoms with Gasteiger partial charge in [0.1, 0.15) is 0 Å². The van der Waals surface area contributed by atoms with E-state index in [0.717, 1.165) is 19.6 Å². The molecule has 1 aromatic carbocycles. The van der Waals surface area contributed by atoms with Crippen LogP contribution >= 0.6 is 0 Å². The minimum absolute atomic E-state index is 0.165. The predicted octanol–water partition coefficient (Wildman–Crippen LogP) is 2.04. The highest BCUT2D eigenvalue weighted by Crippen LogP contribution is 2.29. The molecule has 1 aromatic heterocycles. The summed E-state index contributed by atoms with van der Waals surface area (Å²) in [6.45, 7) is 1.66. The number of rotatable bonds is 4. The van der Waals surface area contributed by atoms with Crippen LogP contribution in [0.15, 0.2) is 42.7 Å². The van der Waals surface area contributed by atoms with E-state index in [1.165, 1.54) is 11.1 Å². The standard InChI is InChI=1S/C15H19N3O/c1-18-11-12(10-17-18)9-16-14-7-8-19-15(14)13-5-3-2-4-6-13/h2-6,10-11,14-16H,7-9H2,1H3/t14-,15-/m1/s1. The lowest BCUT2D eigenvalue weighted by molar-refractivity contribution is 0.0985. The molecule has 19 heavy (non-hydrogen) atoms. The van der Waals surface area contributed by atoms with Gasteiger partial charge < -0.3 is 10.1 Å². The smallest absolute Gasteiger partial charge is 0.0978 e. The van der Waals surface area contributed by atoms with Gasteiger partial charge in [-0.15, -0.1) is 0 Å². The van der Waals surface area contributed by atoms with Crippen molar-refractivity contribution >= 4 is 0 Å². The summed E-state index contributed by atoms with van der Waals surface area (Å²) >= 11 is 0. The van der Waals surface area contributed by atoms with Crippen LogP contribution in [0.1, 0.15) is 23.7 Å². The molecule has 4 heteroatoms. The Kier molecular flexibility index (Phi) is 3.62. The van der Waals surface area contributed by atoms with Crippen LogP contribution in [0.4, 0.5) is 0 Å². The molecule has 1 aliphatic heterocycles. The molecule has 1 saturated heterocycles. The molecule has 4 nitrogen and oxygen atoms in total. The van der Waals surface area contributed by atoms with Gasteiger partial charge in [0.2, 0.25) is 0 Å². The molecule has 0 aliphatic carbocycles. The average Bonchev–Trinajstić information content (AvgIpc) is 3.06. The van der Waals surface area contributed by atoms with Crippen LogP contribution < -0.4 is 5.32 Å². The highest BCUT2D eigenvalue weighted by atomic mass is 16.5. The number of aryl methyl sites for hydroxylation is 1. The molecule has 1 fully saturated rings. The lowest BCUT2D eigenvalue weighted by atomic mass is 10.0. The molecule has 0 amide bonds. The number of benzene rings is 1. The van der Waals surface area contributed by atoms with Gasteiger partial charge in [-0.25, -0.2) is 0 Å². The fourth-order valence-electron chi connectivity index (χ4n) is 2.58. The zero-order valence-electron chi connectivity index (χ0n) is 11.1. The van der Waals surface area contributed by atoms with Crippen LogP contribution in [-0.4, -0.2) is 22.4 Å². The molecule has 1 N–H and O–H groups in total. The Morgan fingerprint density at radius 3 is 2.95 bits per heavy atom. The van der Waals surface area contributed by atoms with Crippen molar-refractivity contribution in [3.8, 4) is 0 Å². The van der Waals surface area contributed by atoms with E-state index in [2.05, 4.69) is 34.7 Å². The highest BCUT2D eigenvalue weighted by molar-refractivity contribution is 5.20. The van der Waals surface area contributed by atoms with Crippen molar-refractivity contribution in [2.24, 2.45) is 7.05 Å². The van der Waals surface area contributed by atoms with E-state index in [1.54, 1.807) is 0 Å². The van der Waals surface area contributed by atoms with Crippen LogP contribution in [0.2, 0.25) is 0 Å². The molecule has 2 atom stereocenters. The molecule has 1 aliphatic rings. The minimum Gasteiger partial charge on any atom is -0.372 e. The van der Waals surface area contributed by atoms with E-state index in [9.17, 15) is 0 Å². The Morgan fingerprint density at radius 2 is 2.21 bits per heavy atom. The largest absolute Gasteiger partial charge is 0.372 e. The zero-order chi connectivity index (χ0) is 13.1. The topological polar surface area (TPSA) is 39.1 Å². The first-order valence-electron chi connectivity index (χ1n) is 6.70. The van der Waals surface area contributed by atoms with Crippen molar-refractivity contribution in [2.75, 3.05) is 6.61 Å². The summed E-state index contributed by atoms with van der Waals surface area (Å²) in [5.41, 5.74) is 2.46. The second-order valence-corrected chi connectivity index (χ2v) is 5.00. The SMILES string of the molecule is Cn1cc(CN[C@@H]2CCO[C@@H]2c2ccccc2)cn1. The molecular weight excluding hydrogens is 238 g/mol. The summed E-state index contributed by atoms with van der Waals surface area (Å²) in [5, 5.41) is 7.77. The van der Waals surface area contributed by atoms with E-state index >= 15 is 0 Å².